The Morgan fingerprint density at radius 3 is 2.86 bits per heavy atom. The fourth-order valence-corrected chi connectivity index (χ4v) is 3.72. The average Bonchev–Trinajstić information content (AvgIpc) is 3.10. The number of rotatable bonds is 4. The number of carbonyl (C=O) groups excluding carboxylic acids is 1. The number of nitro groups is 1. The summed E-state index contributed by atoms with van der Waals surface area (Å²) in [6, 6.07) is 10.9. The summed E-state index contributed by atoms with van der Waals surface area (Å²) in [5.41, 5.74) is 1.45. The number of hydrogen-bond acceptors (Lipinski definition) is 7. The Balaban J connectivity index is 1.55. The van der Waals surface area contributed by atoms with E-state index >= 15 is 0 Å². The number of carbonyl (C=O) groups is 1. The minimum Gasteiger partial charge on any atom is -0.455 e. The molecule has 4 aromatic rings. The fourth-order valence-electron chi connectivity index (χ4n) is 2.79. The first-order valence-corrected chi connectivity index (χ1v) is 9.06. The SMILES string of the molecule is Cc1ccc2nc(COC(=O)c3cc4cc([N+](=O)[O-])ccc4s3)cc(=O)n2c1. The summed E-state index contributed by atoms with van der Waals surface area (Å²) >= 11 is 1.18. The van der Waals surface area contributed by atoms with Gasteiger partial charge in [-0.1, -0.05) is 6.07 Å². The molecule has 3 heterocycles. The number of benzene rings is 1. The highest BCUT2D eigenvalue weighted by atomic mass is 32.1. The second kappa shape index (κ2) is 6.86. The van der Waals surface area contributed by atoms with Crippen LogP contribution in [0.25, 0.3) is 15.7 Å². The molecule has 0 saturated carbocycles. The summed E-state index contributed by atoms with van der Waals surface area (Å²) in [6.45, 7) is 1.73. The van der Waals surface area contributed by atoms with E-state index < -0.39 is 10.9 Å². The Morgan fingerprint density at radius 2 is 2.07 bits per heavy atom. The summed E-state index contributed by atoms with van der Waals surface area (Å²) in [7, 11) is 0. The Kier molecular flexibility index (Phi) is 4.36. The summed E-state index contributed by atoms with van der Waals surface area (Å²) in [6.07, 6.45) is 1.69. The minimum absolute atomic E-state index is 0.0405. The molecule has 0 bridgehead atoms. The van der Waals surface area contributed by atoms with Gasteiger partial charge in [-0.2, -0.15) is 0 Å². The van der Waals surface area contributed by atoms with E-state index in [1.54, 1.807) is 24.4 Å². The smallest absolute Gasteiger partial charge is 0.348 e. The van der Waals surface area contributed by atoms with Gasteiger partial charge in [0.2, 0.25) is 0 Å². The van der Waals surface area contributed by atoms with Crippen LogP contribution in [0.2, 0.25) is 0 Å². The van der Waals surface area contributed by atoms with E-state index in [4.69, 9.17) is 4.74 Å². The molecule has 0 unspecified atom stereocenters. The van der Waals surface area contributed by atoms with Gasteiger partial charge in [0.15, 0.2) is 0 Å². The molecule has 0 aliphatic rings. The Hall–Kier alpha value is -3.59. The van der Waals surface area contributed by atoms with Gasteiger partial charge in [0, 0.05) is 34.5 Å². The van der Waals surface area contributed by atoms with E-state index in [1.165, 1.54) is 33.9 Å². The fraction of sp³-hybridized carbons (Fsp3) is 0.105. The first-order chi connectivity index (χ1) is 13.4. The van der Waals surface area contributed by atoms with Gasteiger partial charge >= 0.3 is 5.97 Å². The molecule has 0 aliphatic heterocycles. The molecule has 0 atom stereocenters. The third-order valence-corrected chi connectivity index (χ3v) is 5.22. The van der Waals surface area contributed by atoms with Gasteiger partial charge in [-0.05, 0) is 30.7 Å². The molecule has 0 aliphatic carbocycles. The monoisotopic (exact) mass is 395 g/mol. The van der Waals surface area contributed by atoms with Crippen molar-refractivity contribution in [1.29, 1.82) is 0 Å². The zero-order valence-electron chi connectivity index (χ0n) is 14.6. The molecule has 0 saturated heterocycles. The van der Waals surface area contributed by atoms with E-state index in [1.807, 2.05) is 13.0 Å². The van der Waals surface area contributed by atoms with E-state index in [-0.39, 0.29) is 17.9 Å². The third kappa shape index (κ3) is 3.35. The van der Waals surface area contributed by atoms with Crippen LogP contribution in [0.5, 0.6) is 0 Å². The highest BCUT2D eigenvalue weighted by molar-refractivity contribution is 7.20. The molecular weight excluding hydrogens is 382 g/mol. The molecule has 140 valence electrons. The number of non-ortho nitro benzene ring substituents is 1. The molecule has 1 aromatic carbocycles. The Bertz CT molecular complexity index is 1310. The Morgan fingerprint density at radius 1 is 1.25 bits per heavy atom. The van der Waals surface area contributed by atoms with Crippen molar-refractivity contribution in [2.24, 2.45) is 0 Å². The molecule has 0 fully saturated rings. The molecule has 9 heteroatoms. The zero-order valence-corrected chi connectivity index (χ0v) is 15.4. The maximum absolute atomic E-state index is 12.3. The van der Waals surface area contributed by atoms with Crippen LogP contribution in [0.1, 0.15) is 20.9 Å². The highest BCUT2D eigenvalue weighted by Gasteiger charge is 2.15. The first kappa shape index (κ1) is 17.8. The number of hydrogen-bond donors (Lipinski definition) is 0. The van der Waals surface area contributed by atoms with Crippen LogP contribution in [-0.4, -0.2) is 20.3 Å². The molecule has 0 N–H and O–H groups in total. The van der Waals surface area contributed by atoms with Gasteiger partial charge in [-0.3, -0.25) is 19.3 Å². The number of pyridine rings is 1. The van der Waals surface area contributed by atoms with E-state index in [2.05, 4.69) is 4.98 Å². The average molecular weight is 395 g/mol. The van der Waals surface area contributed by atoms with Crippen LogP contribution in [0.3, 0.4) is 0 Å². The van der Waals surface area contributed by atoms with Crippen LogP contribution in [0.15, 0.2) is 53.5 Å². The maximum atomic E-state index is 12.3. The number of aromatic nitrogens is 2. The first-order valence-electron chi connectivity index (χ1n) is 8.25. The molecule has 0 spiro atoms. The van der Waals surface area contributed by atoms with Gasteiger partial charge in [-0.15, -0.1) is 11.3 Å². The quantitative estimate of drug-likeness (QED) is 0.298. The number of nitro benzene ring substituents is 1. The molecular formula is C19H13N3O5S. The normalized spacial score (nSPS) is 11.0. The number of esters is 1. The molecule has 0 radical (unpaired) electrons. The lowest BCUT2D eigenvalue weighted by Crippen LogP contribution is -2.16. The van der Waals surface area contributed by atoms with E-state index in [0.29, 0.717) is 21.6 Å². The standard InChI is InChI=1S/C19H13N3O5S/c1-11-2-5-17-20-13(8-18(23)21(17)9-11)10-27-19(24)16-7-12-6-14(22(25)26)3-4-15(12)28-16/h2-9H,10H2,1H3. The number of thiophene rings is 1. The molecule has 8 nitrogen and oxygen atoms in total. The summed E-state index contributed by atoms with van der Waals surface area (Å²) in [5, 5.41) is 11.5. The van der Waals surface area contributed by atoms with Crippen molar-refractivity contribution in [1.82, 2.24) is 9.38 Å². The van der Waals surface area contributed by atoms with Gasteiger partial charge < -0.3 is 4.74 Å². The zero-order chi connectivity index (χ0) is 19.8. The van der Waals surface area contributed by atoms with Gasteiger partial charge in [0.25, 0.3) is 11.2 Å². The lowest BCUT2D eigenvalue weighted by atomic mass is 10.2. The van der Waals surface area contributed by atoms with Crippen LogP contribution in [0.4, 0.5) is 5.69 Å². The van der Waals surface area contributed by atoms with Crippen molar-refractivity contribution in [3.63, 3.8) is 0 Å². The van der Waals surface area contributed by atoms with Crippen molar-refractivity contribution in [3.05, 3.63) is 85.3 Å². The predicted octanol–water partition coefficient (Wildman–Crippen LogP) is 3.48. The molecule has 28 heavy (non-hydrogen) atoms. The number of nitrogens with zero attached hydrogens (tertiary/aromatic N) is 3. The summed E-state index contributed by atoms with van der Waals surface area (Å²) < 4.78 is 7.45. The van der Waals surface area contributed by atoms with Crippen LogP contribution >= 0.6 is 11.3 Å². The highest BCUT2D eigenvalue weighted by Crippen LogP contribution is 2.29. The lowest BCUT2D eigenvalue weighted by molar-refractivity contribution is -0.384. The predicted molar refractivity (Wildman–Crippen MR) is 104 cm³/mol. The minimum atomic E-state index is -0.574. The Labute approximate surface area is 161 Å². The second-order valence-electron chi connectivity index (χ2n) is 6.19. The maximum Gasteiger partial charge on any atom is 0.348 e. The van der Waals surface area contributed by atoms with Gasteiger partial charge in [0.05, 0.1) is 10.6 Å². The van der Waals surface area contributed by atoms with Gasteiger partial charge in [-0.25, -0.2) is 9.78 Å². The molecule has 3 aromatic heterocycles. The van der Waals surface area contributed by atoms with Crippen molar-refractivity contribution in [2.45, 2.75) is 13.5 Å². The van der Waals surface area contributed by atoms with E-state index in [0.717, 1.165) is 10.3 Å². The second-order valence-corrected chi connectivity index (χ2v) is 7.27. The topological polar surface area (TPSA) is 104 Å². The summed E-state index contributed by atoms with van der Waals surface area (Å²) in [5.74, 6) is -0.574. The van der Waals surface area contributed by atoms with Gasteiger partial charge in [0.1, 0.15) is 17.1 Å². The number of ether oxygens (including phenoxy) is 1. The lowest BCUT2D eigenvalue weighted by Gasteiger charge is -2.05. The third-order valence-electron chi connectivity index (χ3n) is 4.12. The summed E-state index contributed by atoms with van der Waals surface area (Å²) in [4.78, 5) is 39.6. The van der Waals surface area contributed by atoms with Crippen molar-refractivity contribution in [3.8, 4) is 0 Å². The van der Waals surface area contributed by atoms with Crippen molar-refractivity contribution in [2.75, 3.05) is 0 Å². The van der Waals surface area contributed by atoms with Crippen LogP contribution < -0.4 is 5.56 Å². The number of aryl methyl sites for hydroxylation is 1. The largest absolute Gasteiger partial charge is 0.455 e. The molecule has 0 amide bonds. The molecule has 4 rings (SSSR count). The van der Waals surface area contributed by atoms with Crippen molar-refractivity contribution < 1.29 is 14.5 Å². The van der Waals surface area contributed by atoms with Crippen LogP contribution in [-0.2, 0) is 11.3 Å². The number of fused-ring (bicyclic) bond motifs is 2. The van der Waals surface area contributed by atoms with Crippen molar-refractivity contribution >= 4 is 38.7 Å². The van der Waals surface area contributed by atoms with Crippen LogP contribution in [0, 0.1) is 17.0 Å². The van der Waals surface area contributed by atoms with E-state index in [9.17, 15) is 19.7 Å².